The van der Waals surface area contributed by atoms with Crippen molar-refractivity contribution in [3.8, 4) is 0 Å². The number of ether oxygens (including phenoxy) is 1. The summed E-state index contributed by atoms with van der Waals surface area (Å²) in [7, 11) is 0. The zero-order valence-corrected chi connectivity index (χ0v) is 10.7. The number of aliphatic hydroxyl groups excluding tert-OH is 1. The smallest absolute Gasteiger partial charge is 0.374 e. The molecular weight excluding hydrogens is 232 g/mol. The lowest BCUT2D eigenvalue weighted by molar-refractivity contribution is 0.0491. The molecule has 0 aliphatic carbocycles. The van der Waals surface area contributed by atoms with Crippen molar-refractivity contribution in [1.82, 2.24) is 0 Å². The lowest BCUT2D eigenvalue weighted by Crippen LogP contribution is -2.04. The van der Waals surface area contributed by atoms with Crippen LogP contribution < -0.4 is 0 Å². The minimum Gasteiger partial charge on any atom is -0.460 e. The summed E-state index contributed by atoms with van der Waals surface area (Å²) in [6.45, 7) is 5.53. The maximum absolute atomic E-state index is 11.7. The van der Waals surface area contributed by atoms with Crippen LogP contribution in [0.25, 0.3) is 11.0 Å². The van der Waals surface area contributed by atoms with Crippen LogP contribution in [0.1, 0.15) is 41.6 Å². The molecule has 4 heteroatoms. The van der Waals surface area contributed by atoms with Crippen LogP contribution >= 0.6 is 0 Å². The van der Waals surface area contributed by atoms with Crippen molar-refractivity contribution in [2.75, 3.05) is 6.61 Å². The highest BCUT2D eigenvalue weighted by molar-refractivity contribution is 5.97. The molecule has 1 N–H and O–H groups in total. The summed E-state index contributed by atoms with van der Waals surface area (Å²) in [4.78, 5) is 11.7. The Kier molecular flexibility index (Phi) is 3.39. The van der Waals surface area contributed by atoms with Crippen LogP contribution in [0.15, 0.2) is 22.6 Å². The summed E-state index contributed by atoms with van der Waals surface area (Å²) >= 11 is 0. The standard InChI is InChI=1S/C14H16O4/c1-4-17-14(16)13-8(2)12-10(9(3)15)6-5-7-11(12)18-13/h5-7,9,15H,4H2,1-3H3. The number of hydrogen-bond donors (Lipinski definition) is 1. The predicted octanol–water partition coefficient (Wildman–Crippen LogP) is 2.97. The van der Waals surface area contributed by atoms with Gasteiger partial charge in [0.05, 0.1) is 12.7 Å². The first-order valence-corrected chi connectivity index (χ1v) is 5.93. The highest BCUT2D eigenvalue weighted by Crippen LogP contribution is 2.31. The van der Waals surface area contributed by atoms with Gasteiger partial charge in [0.2, 0.25) is 5.76 Å². The van der Waals surface area contributed by atoms with E-state index in [0.717, 1.165) is 10.9 Å². The fraction of sp³-hybridized carbons (Fsp3) is 0.357. The Hall–Kier alpha value is -1.81. The second-order valence-corrected chi connectivity index (χ2v) is 4.17. The molecule has 1 aromatic carbocycles. The van der Waals surface area contributed by atoms with Crippen molar-refractivity contribution in [2.45, 2.75) is 26.9 Å². The molecule has 1 heterocycles. The minimum absolute atomic E-state index is 0.208. The number of benzene rings is 1. The molecule has 4 nitrogen and oxygen atoms in total. The molecule has 2 rings (SSSR count). The van der Waals surface area contributed by atoms with Crippen LogP contribution in [0.3, 0.4) is 0 Å². The van der Waals surface area contributed by atoms with Gasteiger partial charge in [-0.05, 0) is 32.4 Å². The number of hydrogen-bond acceptors (Lipinski definition) is 4. The van der Waals surface area contributed by atoms with E-state index in [-0.39, 0.29) is 5.76 Å². The molecule has 0 radical (unpaired) electrons. The molecule has 96 valence electrons. The highest BCUT2D eigenvalue weighted by atomic mass is 16.5. The van der Waals surface area contributed by atoms with Gasteiger partial charge in [-0.25, -0.2) is 4.79 Å². The van der Waals surface area contributed by atoms with Crippen molar-refractivity contribution < 1.29 is 19.1 Å². The van der Waals surface area contributed by atoms with Gasteiger partial charge in [0.25, 0.3) is 0 Å². The number of carbonyl (C=O) groups is 1. The van der Waals surface area contributed by atoms with Gasteiger partial charge < -0.3 is 14.3 Å². The summed E-state index contributed by atoms with van der Waals surface area (Å²) in [6.07, 6.45) is -0.611. The second-order valence-electron chi connectivity index (χ2n) is 4.17. The van der Waals surface area contributed by atoms with E-state index in [9.17, 15) is 9.90 Å². The first-order valence-electron chi connectivity index (χ1n) is 5.93. The van der Waals surface area contributed by atoms with E-state index < -0.39 is 12.1 Å². The van der Waals surface area contributed by atoms with E-state index in [1.54, 1.807) is 32.9 Å². The molecule has 0 saturated carbocycles. The summed E-state index contributed by atoms with van der Waals surface area (Å²) in [5.41, 5.74) is 2.05. The molecule has 18 heavy (non-hydrogen) atoms. The number of furan rings is 1. The molecule has 1 unspecified atom stereocenters. The zero-order chi connectivity index (χ0) is 13.3. The number of aryl methyl sites for hydroxylation is 1. The van der Waals surface area contributed by atoms with Gasteiger partial charge in [-0.2, -0.15) is 0 Å². The molecule has 0 aliphatic rings. The normalized spacial score (nSPS) is 12.7. The molecule has 0 bridgehead atoms. The van der Waals surface area contributed by atoms with Gasteiger partial charge in [-0.1, -0.05) is 12.1 Å². The lowest BCUT2D eigenvalue weighted by atomic mass is 10.0. The first kappa shape index (κ1) is 12.6. The third-order valence-electron chi connectivity index (χ3n) is 2.90. The van der Waals surface area contributed by atoms with Crippen molar-refractivity contribution in [2.24, 2.45) is 0 Å². The average molecular weight is 248 g/mol. The van der Waals surface area contributed by atoms with Gasteiger partial charge in [0.15, 0.2) is 0 Å². The van der Waals surface area contributed by atoms with Crippen LogP contribution in [0, 0.1) is 6.92 Å². The molecule has 0 saturated heterocycles. The van der Waals surface area contributed by atoms with Crippen LogP contribution in [0.4, 0.5) is 0 Å². The Morgan fingerprint density at radius 3 is 2.83 bits per heavy atom. The minimum atomic E-state index is -0.611. The van der Waals surface area contributed by atoms with Crippen molar-refractivity contribution in [3.05, 3.63) is 35.1 Å². The van der Waals surface area contributed by atoms with Crippen LogP contribution in [0.2, 0.25) is 0 Å². The molecule has 0 amide bonds. The van der Waals surface area contributed by atoms with Gasteiger partial charge in [-0.3, -0.25) is 0 Å². The Bertz CT molecular complexity index is 581. The van der Waals surface area contributed by atoms with Crippen LogP contribution in [0.5, 0.6) is 0 Å². The van der Waals surface area contributed by atoms with E-state index in [2.05, 4.69) is 0 Å². The van der Waals surface area contributed by atoms with E-state index in [4.69, 9.17) is 9.15 Å². The number of esters is 1. The van der Waals surface area contributed by atoms with E-state index in [0.29, 0.717) is 17.8 Å². The zero-order valence-electron chi connectivity index (χ0n) is 10.7. The highest BCUT2D eigenvalue weighted by Gasteiger charge is 2.21. The summed E-state index contributed by atoms with van der Waals surface area (Å²) < 4.78 is 10.5. The van der Waals surface area contributed by atoms with Gasteiger partial charge in [0, 0.05) is 10.9 Å². The molecule has 1 aromatic heterocycles. The third-order valence-corrected chi connectivity index (χ3v) is 2.90. The summed E-state index contributed by atoms with van der Waals surface area (Å²) in [5.74, 6) is -0.261. The maximum atomic E-state index is 11.7. The fourth-order valence-corrected chi connectivity index (χ4v) is 2.07. The number of aliphatic hydroxyl groups is 1. The quantitative estimate of drug-likeness (QED) is 0.848. The number of carbonyl (C=O) groups excluding carboxylic acids is 1. The van der Waals surface area contributed by atoms with E-state index in [1.807, 2.05) is 6.07 Å². The summed E-state index contributed by atoms with van der Waals surface area (Å²) in [6, 6.07) is 5.39. The monoisotopic (exact) mass is 248 g/mol. The van der Waals surface area contributed by atoms with Gasteiger partial charge in [0.1, 0.15) is 5.58 Å². The SMILES string of the molecule is CCOC(=O)c1oc2cccc(C(C)O)c2c1C. The predicted molar refractivity (Wildman–Crippen MR) is 67.5 cm³/mol. The van der Waals surface area contributed by atoms with Crippen molar-refractivity contribution >= 4 is 16.9 Å². The van der Waals surface area contributed by atoms with Crippen molar-refractivity contribution in [1.29, 1.82) is 0 Å². The van der Waals surface area contributed by atoms with E-state index >= 15 is 0 Å². The van der Waals surface area contributed by atoms with Gasteiger partial charge >= 0.3 is 5.97 Å². The fourth-order valence-electron chi connectivity index (χ4n) is 2.07. The molecule has 0 spiro atoms. The molecule has 0 fully saturated rings. The Morgan fingerprint density at radius 1 is 1.50 bits per heavy atom. The first-order chi connectivity index (χ1) is 8.56. The third kappa shape index (κ3) is 1.99. The summed E-state index contributed by atoms with van der Waals surface area (Å²) in [5, 5.41) is 10.5. The maximum Gasteiger partial charge on any atom is 0.374 e. The second kappa shape index (κ2) is 4.82. The van der Waals surface area contributed by atoms with E-state index in [1.165, 1.54) is 0 Å². The molecule has 1 atom stereocenters. The number of rotatable bonds is 3. The molecule has 2 aromatic rings. The van der Waals surface area contributed by atoms with Crippen LogP contribution in [-0.4, -0.2) is 17.7 Å². The van der Waals surface area contributed by atoms with Crippen molar-refractivity contribution in [3.63, 3.8) is 0 Å². The topological polar surface area (TPSA) is 59.7 Å². The Morgan fingerprint density at radius 2 is 2.22 bits per heavy atom. The Labute approximate surface area is 105 Å². The van der Waals surface area contributed by atoms with Gasteiger partial charge in [-0.15, -0.1) is 0 Å². The largest absolute Gasteiger partial charge is 0.460 e. The Balaban J connectivity index is 2.63. The molecular formula is C14H16O4. The van der Waals surface area contributed by atoms with Crippen LogP contribution in [-0.2, 0) is 4.74 Å². The molecule has 0 aliphatic heterocycles. The lowest BCUT2D eigenvalue weighted by Gasteiger charge is -2.05. The number of fused-ring (bicyclic) bond motifs is 1. The average Bonchev–Trinajstić information content (AvgIpc) is 2.67.